The van der Waals surface area contributed by atoms with Crippen molar-refractivity contribution in [3.63, 3.8) is 0 Å². The van der Waals surface area contributed by atoms with Crippen molar-refractivity contribution in [2.24, 2.45) is 5.92 Å². The zero-order chi connectivity index (χ0) is 14.7. The largest absolute Gasteiger partial charge is 0.496 e. The van der Waals surface area contributed by atoms with E-state index in [0.717, 1.165) is 36.9 Å². The predicted octanol–water partition coefficient (Wildman–Crippen LogP) is 3.63. The molecule has 0 amide bonds. The Morgan fingerprint density at radius 3 is 2.76 bits per heavy atom. The molecular weight excluding hydrogens is 260 g/mol. The van der Waals surface area contributed by atoms with Gasteiger partial charge in [-0.1, -0.05) is 36.8 Å². The zero-order valence-corrected chi connectivity index (χ0v) is 12.3. The highest BCUT2D eigenvalue weighted by Gasteiger charge is 2.26. The number of nitrogens with one attached hydrogen (secondary N) is 1. The Kier molecular flexibility index (Phi) is 4.08. The van der Waals surface area contributed by atoms with Gasteiger partial charge in [-0.05, 0) is 29.9 Å². The minimum Gasteiger partial charge on any atom is -0.496 e. The van der Waals surface area contributed by atoms with Gasteiger partial charge in [0.2, 0.25) is 0 Å². The fourth-order valence-electron chi connectivity index (χ4n) is 3.27. The number of nitriles is 1. The lowest BCUT2D eigenvalue weighted by Gasteiger charge is -2.17. The van der Waals surface area contributed by atoms with Gasteiger partial charge in [0.05, 0.1) is 19.1 Å². The van der Waals surface area contributed by atoms with Crippen molar-refractivity contribution in [3.8, 4) is 11.8 Å². The average molecular weight is 280 g/mol. The number of hydrogen-bond donors (Lipinski definition) is 1. The standard InChI is InChI=1S/C18H20N2O/c1-21-18-10-9-14(15-6-2-3-7-16(15)18)12-20-17-8-4-5-13(17)11-19/h2-3,6-7,9-10,13,17,20H,4-5,8,12H2,1H3. The van der Waals surface area contributed by atoms with Crippen LogP contribution in [0.25, 0.3) is 10.8 Å². The molecule has 3 nitrogen and oxygen atoms in total. The van der Waals surface area contributed by atoms with E-state index >= 15 is 0 Å². The Bertz CT molecular complexity index is 674. The number of benzene rings is 2. The van der Waals surface area contributed by atoms with Gasteiger partial charge in [-0.2, -0.15) is 5.26 Å². The van der Waals surface area contributed by atoms with E-state index in [4.69, 9.17) is 10.00 Å². The summed E-state index contributed by atoms with van der Waals surface area (Å²) in [4.78, 5) is 0. The number of nitrogens with zero attached hydrogens (tertiary/aromatic N) is 1. The molecule has 3 rings (SSSR count). The van der Waals surface area contributed by atoms with Crippen LogP contribution in [0.4, 0.5) is 0 Å². The molecule has 1 saturated carbocycles. The fourth-order valence-corrected chi connectivity index (χ4v) is 3.27. The summed E-state index contributed by atoms with van der Waals surface area (Å²) >= 11 is 0. The van der Waals surface area contributed by atoms with Gasteiger partial charge >= 0.3 is 0 Å². The first-order chi connectivity index (χ1) is 10.3. The number of rotatable bonds is 4. The number of fused-ring (bicyclic) bond motifs is 1. The van der Waals surface area contributed by atoms with Crippen molar-refractivity contribution in [3.05, 3.63) is 42.0 Å². The minimum absolute atomic E-state index is 0.162. The van der Waals surface area contributed by atoms with E-state index in [0.29, 0.717) is 6.04 Å². The SMILES string of the molecule is COc1ccc(CNC2CCCC2C#N)c2ccccc12. The quantitative estimate of drug-likeness (QED) is 0.930. The Labute approximate surface area is 125 Å². The van der Waals surface area contributed by atoms with Crippen LogP contribution in [0, 0.1) is 17.2 Å². The van der Waals surface area contributed by atoms with Crippen molar-refractivity contribution in [1.29, 1.82) is 5.26 Å². The lowest BCUT2D eigenvalue weighted by molar-refractivity contribution is 0.419. The van der Waals surface area contributed by atoms with Crippen LogP contribution in [0.5, 0.6) is 5.75 Å². The van der Waals surface area contributed by atoms with E-state index in [1.807, 2.05) is 12.1 Å². The van der Waals surface area contributed by atoms with Crippen molar-refractivity contribution in [2.45, 2.75) is 31.8 Å². The van der Waals surface area contributed by atoms with E-state index in [9.17, 15) is 0 Å². The van der Waals surface area contributed by atoms with Gasteiger partial charge in [0.1, 0.15) is 5.75 Å². The molecule has 1 fully saturated rings. The van der Waals surface area contributed by atoms with Crippen molar-refractivity contribution in [2.75, 3.05) is 7.11 Å². The van der Waals surface area contributed by atoms with Crippen LogP contribution in [0.1, 0.15) is 24.8 Å². The lowest BCUT2D eigenvalue weighted by Crippen LogP contribution is -2.31. The second-order valence-corrected chi connectivity index (χ2v) is 5.63. The summed E-state index contributed by atoms with van der Waals surface area (Å²) < 4.78 is 5.43. The highest BCUT2D eigenvalue weighted by Crippen LogP contribution is 2.29. The molecular formula is C18H20N2O. The first-order valence-electron chi connectivity index (χ1n) is 7.51. The van der Waals surface area contributed by atoms with Crippen molar-refractivity contribution < 1.29 is 4.74 Å². The topological polar surface area (TPSA) is 45.0 Å². The number of methoxy groups -OCH3 is 1. The molecule has 0 bridgehead atoms. The molecule has 3 heteroatoms. The summed E-state index contributed by atoms with van der Waals surface area (Å²) in [6.45, 7) is 0.799. The van der Waals surface area contributed by atoms with Crippen LogP contribution >= 0.6 is 0 Å². The summed E-state index contributed by atoms with van der Waals surface area (Å²) in [6.07, 6.45) is 3.28. The third-order valence-corrected chi connectivity index (χ3v) is 4.43. The first kappa shape index (κ1) is 13.9. The lowest BCUT2D eigenvalue weighted by atomic mass is 10.0. The Hall–Kier alpha value is -2.05. The molecule has 0 spiro atoms. The average Bonchev–Trinajstić information content (AvgIpc) is 3.00. The van der Waals surface area contributed by atoms with Gasteiger partial charge in [-0.3, -0.25) is 0 Å². The maximum Gasteiger partial charge on any atom is 0.126 e. The van der Waals surface area contributed by atoms with Crippen LogP contribution in [0.2, 0.25) is 0 Å². The zero-order valence-electron chi connectivity index (χ0n) is 12.3. The van der Waals surface area contributed by atoms with Crippen LogP contribution in [0.3, 0.4) is 0 Å². The number of hydrogen-bond acceptors (Lipinski definition) is 3. The van der Waals surface area contributed by atoms with Crippen molar-refractivity contribution >= 4 is 10.8 Å². The molecule has 1 N–H and O–H groups in total. The third-order valence-electron chi connectivity index (χ3n) is 4.43. The molecule has 0 aromatic heterocycles. The van der Waals surface area contributed by atoms with Gasteiger partial charge in [-0.25, -0.2) is 0 Å². The van der Waals surface area contributed by atoms with Crippen LogP contribution in [-0.4, -0.2) is 13.2 Å². The Balaban J connectivity index is 1.83. The molecule has 0 aliphatic heterocycles. The minimum atomic E-state index is 0.162. The summed E-state index contributed by atoms with van der Waals surface area (Å²) in [5, 5.41) is 15.1. The highest BCUT2D eigenvalue weighted by atomic mass is 16.5. The Morgan fingerprint density at radius 1 is 1.19 bits per heavy atom. The summed E-state index contributed by atoms with van der Waals surface area (Å²) in [7, 11) is 1.70. The van der Waals surface area contributed by atoms with E-state index in [2.05, 4.69) is 35.7 Å². The van der Waals surface area contributed by atoms with Crippen molar-refractivity contribution in [1.82, 2.24) is 5.32 Å². The van der Waals surface area contributed by atoms with E-state index in [-0.39, 0.29) is 5.92 Å². The van der Waals surface area contributed by atoms with Gasteiger partial charge in [0, 0.05) is 18.0 Å². The second kappa shape index (κ2) is 6.15. The van der Waals surface area contributed by atoms with Gasteiger partial charge in [0.25, 0.3) is 0 Å². The molecule has 1 aliphatic rings. The molecule has 2 unspecified atom stereocenters. The summed E-state index contributed by atoms with van der Waals surface area (Å²) in [6, 6.07) is 15.2. The normalized spacial score (nSPS) is 21.3. The van der Waals surface area contributed by atoms with Crippen LogP contribution in [-0.2, 0) is 6.54 Å². The molecule has 2 aromatic carbocycles. The smallest absolute Gasteiger partial charge is 0.126 e. The van der Waals surface area contributed by atoms with E-state index in [1.165, 1.54) is 10.9 Å². The molecule has 21 heavy (non-hydrogen) atoms. The monoisotopic (exact) mass is 280 g/mol. The highest BCUT2D eigenvalue weighted by molar-refractivity contribution is 5.91. The maximum atomic E-state index is 9.17. The maximum absolute atomic E-state index is 9.17. The van der Waals surface area contributed by atoms with Crippen LogP contribution in [0.15, 0.2) is 36.4 Å². The Morgan fingerprint density at radius 2 is 2.00 bits per heavy atom. The van der Waals surface area contributed by atoms with Gasteiger partial charge < -0.3 is 10.1 Å². The van der Waals surface area contributed by atoms with Crippen LogP contribution < -0.4 is 10.1 Å². The molecule has 0 heterocycles. The molecule has 1 aliphatic carbocycles. The first-order valence-corrected chi connectivity index (χ1v) is 7.51. The van der Waals surface area contributed by atoms with Gasteiger partial charge in [-0.15, -0.1) is 0 Å². The number of ether oxygens (including phenoxy) is 1. The molecule has 2 aromatic rings. The summed E-state index contributed by atoms with van der Waals surface area (Å²) in [5.74, 6) is 1.07. The van der Waals surface area contributed by atoms with E-state index < -0.39 is 0 Å². The molecule has 2 atom stereocenters. The molecule has 0 saturated heterocycles. The molecule has 108 valence electrons. The predicted molar refractivity (Wildman–Crippen MR) is 84.1 cm³/mol. The van der Waals surface area contributed by atoms with E-state index in [1.54, 1.807) is 7.11 Å². The molecule has 0 radical (unpaired) electrons. The van der Waals surface area contributed by atoms with Gasteiger partial charge in [0.15, 0.2) is 0 Å². The fraction of sp³-hybridized carbons (Fsp3) is 0.389. The second-order valence-electron chi connectivity index (χ2n) is 5.63. The third kappa shape index (κ3) is 2.72. The summed E-state index contributed by atoms with van der Waals surface area (Å²) in [5.41, 5.74) is 1.26.